The summed E-state index contributed by atoms with van der Waals surface area (Å²) >= 11 is 0. The number of para-hydroxylation sites is 1. The van der Waals surface area contributed by atoms with Gasteiger partial charge in [-0.25, -0.2) is 0 Å². The minimum absolute atomic E-state index is 0.153. The number of aryl methyl sites for hydroxylation is 1. The monoisotopic (exact) mass is 493 g/mol. The Morgan fingerprint density at radius 1 is 0.778 bits per heavy atom. The summed E-state index contributed by atoms with van der Waals surface area (Å²) in [4.78, 5) is 23.9. The molecule has 198 valence electrons. The number of carbonyl (C=O) groups is 2. The van der Waals surface area contributed by atoms with Gasteiger partial charge in [0.2, 0.25) is 5.91 Å². The number of carbonyl (C=O) groups excluding carboxylic acids is 2. The van der Waals surface area contributed by atoms with Crippen molar-refractivity contribution >= 4 is 17.9 Å². The van der Waals surface area contributed by atoms with Crippen LogP contribution in [0.2, 0.25) is 0 Å². The Labute approximate surface area is 219 Å². The lowest BCUT2D eigenvalue weighted by Crippen LogP contribution is -2.09. The van der Waals surface area contributed by atoms with Gasteiger partial charge >= 0.3 is 0 Å². The number of hydrogen-bond donors (Lipinski definition) is 1. The van der Waals surface area contributed by atoms with Crippen molar-refractivity contribution in [3.63, 3.8) is 0 Å². The number of benzene rings is 2. The zero-order valence-electron chi connectivity index (χ0n) is 22.9. The number of unbranched alkanes of at least 4 members (excludes halogenated alkanes) is 12. The molecule has 36 heavy (non-hydrogen) atoms. The molecule has 0 aromatic heterocycles. The first-order valence-electron chi connectivity index (χ1n) is 14.2. The van der Waals surface area contributed by atoms with Gasteiger partial charge in [-0.1, -0.05) is 114 Å². The molecule has 0 atom stereocenters. The molecule has 2 aromatic rings. The lowest BCUT2D eigenvalue weighted by atomic mass is 9.92. The highest BCUT2D eigenvalue weighted by Crippen LogP contribution is 2.39. The lowest BCUT2D eigenvalue weighted by molar-refractivity contribution is -0.114. The number of amides is 1. The standard InChI is InChI=1S/C32H47NO3/c1-4-6-7-8-9-10-11-12-13-14-15-16-17-20-27-21-18-22-28(30(27)25-34)29-23-19-24-31(33-26(3)35)32(29)36-5-2/h18-19,21-25H,4-17,20H2,1-3H3,(H,33,35). The Morgan fingerprint density at radius 3 is 1.89 bits per heavy atom. The van der Waals surface area contributed by atoms with Crippen LogP contribution in [0.5, 0.6) is 5.75 Å². The number of rotatable bonds is 19. The highest BCUT2D eigenvalue weighted by atomic mass is 16.5. The maximum absolute atomic E-state index is 12.2. The van der Waals surface area contributed by atoms with Crippen molar-refractivity contribution in [2.75, 3.05) is 11.9 Å². The molecule has 0 saturated heterocycles. The van der Waals surface area contributed by atoms with Gasteiger partial charge in [0.15, 0.2) is 12.0 Å². The van der Waals surface area contributed by atoms with Crippen molar-refractivity contribution in [2.45, 2.75) is 111 Å². The minimum atomic E-state index is -0.153. The van der Waals surface area contributed by atoms with Crippen molar-refractivity contribution in [1.82, 2.24) is 0 Å². The molecular formula is C32H47NO3. The third-order valence-electron chi connectivity index (χ3n) is 6.77. The van der Waals surface area contributed by atoms with Gasteiger partial charge in [0.1, 0.15) is 0 Å². The number of nitrogens with one attached hydrogen (secondary N) is 1. The second kappa shape index (κ2) is 17.8. The molecule has 0 aliphatic rings. The van der Waals surface area contributed by atoms with E-state index in [0.717, 1.165) is 41.4 Å². The molecule has 0 heterocycles. The van der Waals surface area contributed by atoms with Crippen LogP contribution in [0.4, 0.5) is 5.69 Å². The average Bonchev–Trinajstić information content (AvgIpc) is 2.87. The molecule has 0 saturated carbocycles. The third kappa shape index (κ3) is 10.2. The van der Waals surface area contributed by atoms with Gasteiger partial charge in [-0.3, -0.25) is 9.59 Å². The fraction of sp³-hybridized carbons (Fsp3) is 0.562. The number of ether oxygens (including phenoxy) is 1. The molecule has 4 nitrogen and oxygen atoms in total. The number of hydrogen-bond acceptors (Lipinski definition) is 3. The first-order valence-corrected chi connectivity index (χ1v) is 14.2. The Hall–Kier alpha value is -2.62. The van der Waals surface area contributed by atoms with E-state index in [-0.39, 0.29) is 5.91 Å². The van der Waals surface area contributed by atoms with Crippen LogP contribution in [0.25, 0.3) is 11.1 Å². The van der Waals surface area contributed by atoms with Gasteiger partial charge < -0.3 is 10.1 Å². The van der Waals surface area contributed by atoms with Gasteiger partial charge in [0, 0.05) is 18.1 Å². The van der Waals surface area contributed by atoms with Crippen LogP contribution in [0.3, 0.4) is 0 Å². The summed E-state index contributed by atoms with van der Waals surface area (Å²) in [6.07, 6.45) is 19.1. The lowest BCUT2D eigenvalue weighted by Gasteiger charge is -2.17. The van der Waals surface area contributed by atoms with E-state index in [4.69, 9.17) is 4.74 Å². The Kier molecular flexibility index (Phi) is 14.6. The molecule has 2 aromatic carbocycles. The maximum atomic E-state index is 12.2. The normalized spacial score (nSPS) is 10.9. The third-order valence-corrected chi connectivity index (χ3v) is 6.77. The first-order chi connectivity index (χ1) is 17.6. The van der Waals surface area contributed by atoms with Crippen molar-refractivity contribution in [3.05, 3.63) is 47.5 Å². The van der Waals surface area contributed by atoms with E-state index in [1.165, 1.54) is 84.0 Å². The highest BCUT2D eigenvalue weighted by Gasteiger charge is 2.17. The molecule has 0 bridgehead atoms. The topological polar surface area (TPSA) is 55.4 Å². The summed E-state index contributed by atoms with van der Waals surface area (Å²) in [5.74, 6) is 0.455. The number of aldehydes is 1. The molecule has 0 radical (unpaired) electrons. The molecule has 0 fully saturated rings. The van der Waals surface area contributed by atoms with E-state index < -0.39 is 0 Å². The largest absolute Gasteiger partial charge is 0.491 e. The zero-order valence-corrected chi connectivity index (χ0v) is 22.9. The summed E-state index contributed by atoms with van der Waals surface area (Å²) in [6.45, 7) is 6.14. The Morgan fingerprint density at radius 2 is 1.33 bits per heavy atom. The van der Waals surface area contributed by atoms with Gasteiger partial charge in [-0.2, -0.15) is 0 Å². The summed E-state index contributed by atoms with van der Waals surface area (Å²) in [5, 5.41) is 2.85. The van der Waals surface area contributed by atoms with Crippen LogP contribution in [-0.4, -0.2) is 18.8 Å². The molecule has 0 aliphatic carbocycles. The van der Waals surface area contributed by atoms with Gasteiger partial charge in [0.05, 0.1) is 12.3 Å². The van der Waals surface area contributed by atoms with Gasteiger partial charge in [0.25, 0.3) is 0 Å². The average molecular weight is 494 g/mol. The predicted octanol–water partition coefficient (Wildman–Crippen LogP) is 9.16. The van der Waals surface area contributed by atoms with E-state index in [0.29, 0.717) is 18.0 Å². The van der Waals surface area contributed by atoms with Crippen LogP contribution in [0.15, 0.2) is 36.4 Å². The molecule has 2 rings (SSSR count). The minimum Gasteiger partial charge on any atom is -0.491 e. The van der Waals surface area contributed by atoms with Crippen molar-refractivity contribution in [3.8, 4) is 16.9 Å². The van der Waals surface area contributed by atoms with Crippen molar-refractivity contribution in [2.24, 2.45) is 0 Å². The van der Waals surface area contributed by atoms with Gasteiger partial charge in [-0.05, 0) is 37.0 Å². The second-order valence-electron chi connectivity index (χ2n) is 9.79. The van der Waals surface area contributed by atoms with Crippen LogP contribution in [0.1, 0.15) is 120 Å². The molecule has 4 heteroatoms. The van der Waals surface area contributed by atoms with Crippen molar-refractivity contribution < 1.29 is 14.3 Å². The van der Waals surface area contributed by atoms with Crippen LogP contribution < -0.4 is 10.1 Å². The van der Waals surface area contributed by atoms with E-state index in [1.54, 1.807) is 0 Å². The number of anilines is 1. The molecule has 1 amide bonds. The SMILES string of the molecule is CCCCCCCCCCCCCCCc1cccc(-c2cccc(NC(C)=O)c2OCC)c1C=O. The fourth-order valence-electron chi connectivity index (χ4n) is 4.88. The molecular weight excluding hydrogens is 446 g/mol. The van der Waals surface area contributed by atoms with Crippen molar-refractivity contribution in [1.29, 1.82) is 0 Å². The van der Waals surface area contributed by atoms with Crippen LogP contribution in [0, 0.1) is 0 Å². The summed E-state index contributed by atoms with van der Waals surface area (Å²) in [5.41, 5.74) is 4.11. The quantitative estimate of drug-likeness (QED) is 0.157. The Balaban J connectivity index is 1.88. The van der Waals surface area contributed by atoms with Gasteiger partial charge in [-0.15, -0.1) is 0 Å². The van der Waals surface area contributed by atoms with Crippen LogP contribution in [-0.2, 0) is 11.2 Å². The Bertz CT molecular complexity index is 922. The summed E-state index contributed by atoms with van der Waals surface area (Å²) in [7, 11) is 0. The summed E-state index contributed by atoms with van der Waals surface area (Å²) < 4.78 is 5.91. The molecule has 0 unspecified atom stereocenters. The second-order valence-corrected chi connectivity index (χ2v) is 9.79. The van der Waals surface area contributed by atoms with E-state index in [9.17, 15) is 9.59 Å². The molecule has 1 N–H and O–H groups in total. The predicted molar refractivity (Wildman–Crippen MR) is 152 cm³/mol. The van der Waals surface area contributed by atoms with E-state index in [2.05, 4.69) is 18.3 Å². The first kappa shape index (κ1) is 29.6. The fourth-order valence-corrected chi connectivity index (χ4v) is 4.88. The maximum Gasteiger partial charge on any atom is 0.221 e. The smallest absolute Gasteiger partial charge is 0.221 e. The molecule has 0 aliphatic heterocycles. The molecule has 0 spiro atoms. The van der Waals surface area contributed by atoms with E-state index in [1.807, 2.05) is 37.3 Å². The highest BCUT2D eigenvalue weighted by molar-refractivity contribution is 5.96. The van der Waals surface area contributed by atoms with Crippen LogP contribution >= 0.6 is 0 Å². The summed E-state index contributed by atoms with van der Waals surface area (Å²) in [6, 6.07) is 11.7. The zero-order chi connectivity index (χ0) is 26.0. The van der Waals surface area contributed by atoms with E-state index >= 15 is 0 Å².